The average Bonchev–Trinajstić information content (AvgIpc) is 2.88. The molecule has 0 spiro atoms. The van der Waals surface area contributed by atoms with Crippen LogP contribution in [0.25, 0.3) is 0 Å². The van der Waals surface area contributed by atoms with E-state index in [4.69, 9.17) is 16.3 Å². The van der Waals surface area contributed by atoms with Gasteiger partial charge in [-0.05, 0) is 37.1 Å². The van der Waals surface area contributed by atoms with Gasteiger partial charge in [0.1, 0.15) is 5.75 Å². The minimum Gasteiger partial charge on any atom is -0.495 e. The van der Waals surface area contributed by atoms with Gasteiger partial charge in [-0.15, -0.1) is 0 Å². The number of benzene rings is 1. The van der Waals surface area contributed by atoms with Crippen molar-refractivity contribution in [3.63, 3.8) is 0 Å². The van der Waals surface area contributed by atoms with Gasteiger partial charge in [0.15, 0.2) is 0 Å². The Morgan fingerprint density at radius 3 is 2.64 bits per heavy atom. The predicted octanol–water partition coefficient (Wildman–Crippen LogP) is 2.48. The van der Waals surface area contributed by atoms with Crippen molar-refractivity contribution in [2.24, 2.45) is 0 Å². The molecule has 1 fully saturated rings. The van der Waals surface area contributed by atoms with E-state index >= 15 is 0 Å². The van der Waals surface area contributed by atoms with Crippen molar-refractivity contribution < 1.29 is 4.74 Å². The summed E-state index contributed by atoms with van der Waals surface area (Å²) in [6, 6.07) is 3.98. The van der Waals surface area contributed by atoms with Gasteiger partial charge in [-0.1, -0.05) is 11.6 Å². The number of halogens is 1. The van der Waals surface area contributed by atoms with Gasteiger partial charge in [-0.25, -0.2) is 0 Å². The second-order valence-corrected chi connectivity index (χ2v) is 4.39. The molecular weight excluding hydrogens is 198 g/mol. The van der Waals surface area contributed by atoms with Crippen LogP contribution in [0.3, 0.4) is 0 Å². The second kappa shape index (κ2) is 3.14. The molecule has 0 aromatic heterocycles. The monoisotopic (exact) mass is 211 g/mol. The molecule has 2 nitrogen and oxygen atoms in total. The summed E-state index contributed by atoms with van der Waals surface area (Å²) >= 11 is 6.08. The summed E-state index contributed by atoms with van der Waals surface area (Å²) in [5, 5.41) is 4.02. The standard InChI is InChI=1S/C11H14ClNO/c1-7-4-10(14-3)9(12)5-8(7)11(2)6-13-11/h4-5,13H,6H2,1-3H3. The molecule has 1 N–H and O–H groups in total. The zero-order valence-electron chi connectivity index (χ0n) is 8.65. The predicted molar refractivity (Wildman–Crippen MR) is 58.1 cm³/mol. The van der Waals surface area contributed by atoms with Crippen LogP contribution in [-0.4, -0.2) is 13.7 Å². The topological polar surface area (TPSA) is 31.2 Å². The first kappa shape index (κ1) is 9.81. The Kier molecular flexibility index (Phi) is 2.20. The highest BCUT2D eigenvalue weighted by atomic mass is 35.5. The lowest BCUT2D eigenvalue weighted by molar-refractivity contribution is 0.414. The summed E-state index contributed by atoms with van der Waals surface area (Å²) < 4.78 is 5.16. The van der Waals surface area contributed by atoms with Crippen molar-refractivity contribution in [3.05, 3.63) is 28.3 Å². The fourth-order valence-electron chi connectivity index (χ4n) is 1.73. The molecule has 1 aromatic carbocycles. The molecular formula is C11H14ClNO. The Morgan fingerprint density at radius 1 is 1.50 bits per heavy atom. The highest BCUT2D eigenvalue weighted by molar-refractivity contribution is 6.32. The zero-order valence-corrected chi connectivity index (χ0v) is 9.40. The highest BCUT2D eigenvalue weighted by Crippen LogP contribution is 2.37. The molecule has 0 amide bonds. The summed E-state index contributed by atoms with van der Waals surface area (Å²) in [6.45, 7) is 5.29. The molecule has 14 heavy (non-hydrogen) atoms. The molecule has 0 saturated carbocycles. The number of methoxy groups -OCH3 is 1. The maximum absolute atomic E-state index is 6.08. The first-order chi connectivity index (χ1) is 6.57. The lowest BCUT2D eigenvalue weighted by Crippen LogP contribution is -2.09. The molecule has 1 aliphatic heterocycles. The third-order valence-electron chi connectivity index (χ3n) is 2.80. The third kappa shape index (κ3) is 1.49. The van der Waals surface area contributed by atoms with Gasteiger partial charge >= 0.3 is 0 Å². The minimum atomic E-state index is 0.125. The fraction of sp³-hybridized carbons (Fsp3) is 0.455. The van der Waals surface area contributed by atoms with Crippen LogP contribution < -0.4 is 10.1 Å². The van der Waals surface area contributed by atoms with E-state index in [1.165, 1.54) is 11.1 Å². The van der Waals surface area contributed by atoms with Crippen LogP contribution in [0.4, 0.5) is 0 Å². The largest absolute Gasteiger partial charge is 0.495 e. The summed E-state index contributed by atoms with van der Waals surface area (Å²) in [4.78, 5) is 0. The van der Waals surface area contributed by atoms with Crippen molar-refractivity contribution >= 4 is 11.6 Å². The zero-order chi connectivity index (χ0) is 10.3. The van der Waals surface area contributed by atoms with Crippen LogP contribution in [0.1, 0.15) is 18.1 Å². The van der Waals surface area contributed by atoms with E-state index in [-0.39, 0.29) is 5.54 Å². The smallest absolute Gasteiger partial charge is 0.137 e. The molecule has 76 valence electrons. The summed E-state index contributed by atoms with van der Waals surface area (Å²) in [5.41, 5.74) is 2.61. The first-order valence-corrected chi connectivity index (χ1v) is 5.04. The molecule has 1 heterocycles. The van der Waals surface area contributed by atoms with E-state index in [1.54, 1.807) is 7.11 Å². The Balaban J connectivity index is 2.48. The maximum Gasteiger partial charge on any atom is 0.137 e. The normalized spacial score (nSPS) is 24.9. The molecule has 0 radical (unpaired) electrons. The van der Waals surface area contributed by atoms with Crippen molar-refractivity contribution in [2.75, 3.05) is 13.7 Å². The quantitative estimate of drug-likeness (QED) is 0.763. The van der Waals surface area contributed by atoms with Crippen LogP contribution in [0.5, 0.6) is 5.75 Å². The van der Waals surface area contributed by atoms with Crippen molar-refractivity contribution in [1.82, 2.24) is 5.32 Å². The van der Waals surface area contributed by atoms with Gasteiger partial charge in [0.2, 0.25) is 0 Å². The van der Waals surface area contributed by atoms with Crippen LogP contribution >= 0.6 is 11.6 Å². The number of nitrogens with one attached hydrogen (secondary N) is 1. The summed E-state index contributed by atoms with van der Waals surface area (Å²) in [6.07, 6.45) is 0. The number of hydrogen-bond acceptors (Lipinski definition) is 2. The van der Waals surface area contributed by atoms with Crippen molar-refractivity contribution in [3.8, 4) is 5.75 Å². The van der Waals surface area contributed by atoms with Gasteiger partial charge < -0.3 is 10.1 Å². The summed E-state index contributed by atoms with van der Waals surface area (Å²) in [7, 11) is 1.64. The minimum absolute atomic E-state index is 0.125. The van der Waals surface area contributed by atoms with E-state index in [1.807, 2.05) is 12.1 Å². The number of hydrogen-bond donors (Lipinski definition) is 1. The van der Waals surface area contributed by atoms with E-state index in [0.717, 1.165) is 12.3 Å². The molecule has 1 aliphatic rings. The SMILES string of the molecule is COc1cc(C)c(C2(C)CN2)cc1Cl. The molecule has 0 aliphatic carbocycles. The number of ether oxygens (including phenoxy) is 1. The van der Waals surface area contributed by atoms with Gasteiger partial charge in [-0.3, -0.25) is 0 Å². The third-order valence-corrected chi connectivity index (χ3v) is 3.10. The Labute approximate surface area is 89.2 Å². The van der Waals surface area contributed by atoms with Crippen molar-refractivity contribution in [1.29, 1.82) is 0 Å². The molecule has 0 bridgehead atoms. The Bertz CT molecular complexity index is 372. The van der Waals surface area contributed by atoms with Crippen LogP contribution in [0.2, 0.25) is 5.02 Å². The highest BCUT2D eigenvalue weighted by Gasteiger charge is 2.39. The van der Waals surface area contributed by atoms with Gasteiger partial charge in [0.05, 0.1) is 17.7 Å². The molecule has 1 aromatic rings. The molecule has 2 rings (SSSR count). The number of aryl methyl sites for hydroxylation is 1. The van der Waals surface area contributed by atoms with E-state index in [0.29, 0.717) is 5.02 Å². The van der Waals surface area contributed by atoms with Crippen LogP contribution in [-0.2, 0) is 5.54 Å². The lowest BCUT2D eigenvalue weighted by Gasteiger charge is -2.14. The number of rotatable bonds is 2. The average molecular weight is 212 g/mol. The van der Waals surface area contributed by atoms with Gasteiger partial charge in [0.25, 0.3) is 0 Å². The van der Waals surface area contributed by atoms with Crippen LogP contribution in [0, 0.1) is 6.92 Å². The molecule has 1 saturated heterocycles. The second-order valence-electron chi connectivity index (χ2n) is 3.99. The summed E-state index contributed by atoms with van der Waals surface area (Å²) in [5.74, 6) is 0.747. The van der Waals surface area contributed by atoms with Crippen molar-refractivity contribution in [2.45, 2.75) is 19.4 Å². The van der Waals surface area contributed by atoms with E-state index in [9.17, 15) is 0 Å². The van der Waals surface area contributed by atoms with E-state index in [2.05, 4.69) is 19.2 Å². The molecule has 3 heteroatoms. The Morgan fingerprint density at radius 2 is 2.14 bits per heavy atom. The van der Waals surface area contributed by atoms with Gasteiger partial charge in [-0.2, -0.15) is 0 Å². The first-order valence-electron chi connectivity index (χ1n) is 4.66. The fourth-order valence-corrected chi connectivity index (χ4v) is 1.97. The van der Waals surface area contributed by atoms with E-state index < -0.39 is 0 Å². The van der Waals surface area contributed by atoms with Crippen LogP contribution in [0.15, 0.2) is 12.1 Å². The van der Waals surface area contributed by atoms with Gasteiger partial charge in [0, 0.05) is 6.54 Å². The lowest BCUT2D eigenvalue weighted by atomic mass is 9.96. The molecule has 1 atom stereocenters. The maximum atomic E-state index is 6.08. The molecule has 1 unspecified atom stereocenters. The Hall–Kier alpha value is -0.730.